The number of hydrogen-bond acceptors (Lipinski definition) is 4. The summed E-state index contributed by atoms with van der Waals surface area (Å²) in [7, 11) is -4.00. The van der Waals surface area contributed by atoms with Gasteiger partial charge >= 0.3 is 5.97 Å². The molecule has 1 aliphatic heterocycles. The summed E-state index contributed by atoms with van der Waals surface area (Å²) in [5, 5.41) is 0. The topological polar surface area (TPSA) is 63.7 Å². The van der Waals surface area contributed by atoms with Crippen LogP contribution < -0.4 is 9.04 Å². The van der Waals surface area contributed by atoms with Crippen LogP contribution in [0.1, 0.15) is 52.1 Å². The molecule has 4 rings (SSSR count). The Hall–Kier alpha value is -3.19. The molecule has 5 nitrogen and oxygen atoms in total. The van der Waals surface area contributed by atoms with Crippen molar-refractivity contribution in [3.8, 4) is 16.9 Å². The number of benzene rings is 3. The fourth-order valence-corrected chi connectivity index (χ4v) is 6.04. The first-order valence-electron chi connectivity index (χ1n) is 11.3. The standard InChI is InChI=1S/C27H28FNO4S/c1-5-24-23-16-18(28)10-15-21(23)22-8-6-7-9-25(22)29(24)34(31,32)20-13-11-19(12-14-20)33-26(30)17-27(2,3)4/h6-16,24H,5,17H2,1-4H3. The van der Waals surface area contributed by atoms with Crippen molar-refractivity contribution in [3.05, 3.63) is 78.1 Å². The molecule has 0 bridgehead atoms. The predicted octanol–water partition coefficient (Wildman–Crippen LogP) is 6.49. The summed E-state index contributed by atoms with van der Waals surface area (Å²) in [5.41, 5.74) is 2.54. The van der Waals surface area contributed by atoms with E-state index in [1.807, 2.05) is 39.8 Å². The van der Waals surface area contributed by atoms with Crippen molar-refractivity contribution in [2.24, 2.45) is 5.41 Å². The normalized spacial score (nSPS) is 15.4. The molecule has 1 atom stereocenters. The molecule has 0 saturated carbocycles. The van der Waals surface area contributed by atoms with Crippen LogP contribution in [0.15, 0.2) is 71.6 Å². The Labute approximate surface area is 200 Å². The number of hydrogen-bond donors (Lipinski definition) is 0. The summed E-state index contributed by atoms with van der Waals surface area (Å²) in [6, 6.07) is 17.0. The molecule has 178 valence electrons. The Morgan fingerprint density at radius 1 is 1.00 bits per heavy atom. The summed E-state index contributed by atoms with van der Waals surface area (Å²) in [5.74, 6) is -0.500. The molecule has 7 heteroatoms. The number of sulfonamides is 1. The van der Waals surface area contributed by atoms with Crippen molar-refractivity contribution < 1.29 is 22.3 Å². The van der Waals surface area contributed by atoms with Crippen molar-refractivity contribution >= 4 is 21.7 Å². The average Bonchev–Trinajstić information content (AvgIpc) is 2.76. The molecule has 1 aliphatic rings. The largest absolute Gasteiger partial charge is 0.427 e. The number of para-hydroxylation sites is 1. The third kappa shape index (κ3) is 4.57. The molecule has 1 heterocycles. The number of esters is 1. The molecule has 0 fully saturated rings. The lowest BCUT2D eigenvalue weighted by Gasteiger charge is -2.38. The predicted molar refractivity (Wildman–Crippen MR) is 131 cm³/mol. The number of carbonyl (C=O) groups is 1. The van der Waals surface area contributed by atoms with E-state index >= 15 is 0 Å². The van der Waals surface area contributed by atoms with Gasteiger partial charge in [0.15, 0.2) is 0 Å². The molecule has 0 spiro atoms. The van der Waals surface area contributed by atoms with E-state index in [9.17, 15) is 17.6 Å². The molecule has 0 N–H and O–H groups in total. The van der Waals surface area contributed by atoms with E-state index in [-0.39, 0.29) is 28.5 Å². The molecule has 0 radical (unpaired) electrons. The lowest BCUT2D eigenvalue weighted by molar-refractivity contribution is -0.136. The maximum Gasteiger partial charge on any atom is 0.311 e. The van der Waals surface area contributed by atoms with Crippen molar-refractivity contribution in [1.29, 1.82) is 0 Å². The maximum absolute atomic E-state index is 14.2. The van der Waals surface area contributed by atoms with E-state index in [0.29, 0.717) is 17.7 Å². The highest BCUT2D eigenvalue weighted by molar-refractivity contribution is 7.92. The van der Waals surface area contributed by atoms with Crippen molar-refractivity contribution in [2.45, 2.75) is 51.5 Å². The van der Waals surface area contributed by atoms with Gasteiger partial charge in [0.1, 0.15) is 11.6 Å². The summed E-state index contributed by atoms with van der Waals surface area (Å²) in [6.45, 7) is 7.70. The molecule has 3 aromatic carbocycles. The average molecular weight is 482 g/mol. The zero-order chi connectivity index (χ0) is 24.7. The zero-order valence-corrected chi connectivity index (χ0v) is 20.5. The van der Waals surface area contributed by atoms with Gasteiger partial charge in [-0.2, -0.15) is 0 Å². The number of rotatable bonds is 5. The fourth-order valence-electron chi connectivity index (χ4n) is 4.32. The minimum Gasteiger partial charge on any atom is -0.427 e. The third-order valence-electron chi connectivity index (χ3n) is 5.76. The van der Waals surface area contributed by atoms with E-state index in [4.69, 9.17) is 4.74 Å². The second kappa shape index (κ2) is 8.87. The Balaban J connectivity index is 1.72. The highest BCUT2D eigenvalue weighted by atomic mass is 32.2. The molecule has 3 aromatic rings. The van der Waals surface area contributed by atoms with Crippen LogP contribution in [0.2, 0.25) is 0 Å². The van der Waals surface area contributed by atoms with Crippen LogP contribution in [0.3, 0.4) is 0 Å². The first-order valence-corrected chi connectivity index (χ1v) is 12.7. The first-order chi connectivity index (χ1) is 16.0. The molecule has 1 unspecified atom stereocenters. The van der Waals surface area contributed by atoms with Gasteiger partial charge in [0.25, 0.3) is 10.0 Å². The van der Waals surface area contributed by atoms with Gasteiger partial charge in [-0.1, -0.05) is 52.0 Å². The molecule has 0 saturated heterocycles. The van der Waals surface area contributed by atoms with Gasteiger partial charge < -0.3 is 4.74 Å². The van der Waals surface area contributed by atoms with Crippen LogP contribution in [0, 0.1) is 11.2 Å². The van der Waals surface area contributed by atoms with Crippen LogP contribution in [-0.2, 0) is 14.8 Å². The van der Waals surface area contributed by atoms with Crippen molar-refractivity contribution in [1.82, 2.24) is 0 Å². The van der Waals surface area contributed by atoms with Crippen molar-refractivity contribution in [3.63, 3.8) is 0 Å². The van der Waals surface area contributed by atoms with Gasteiger partial charge in [-0.3, -0.25) is 9.10 Å². The van der Waals surface area contributed by atoms with Gasteiger partial charge in [-0.05, 0) is 65.4 Å². The molecular weight excluding hydrogens is 453 g/mol. The van der Waals surface area contributed by atoms with Crippen LogP contribution in [-0.4, -0.2) is 14.4 Å². The van der Waals surface area contributed by atoms with E-state index in [1.165, 1.54) is 40.7 Å². The number of halogens is 1. The van der Waals surface area contributed by atoms with Crippen LogP contribution in [0.25, 0.3) is 11.1 Å². The Morgan fingerprint density at radius 2 is 1.68 bits per heavy atom. The van der Waals surface area contributed by atoms with Gasteiger partial charge in [0, 0.05) is 5.56 Å². The molecule has 0 aromatic heterocycles. The van der Waals surface area contributed by atoms with E-state index < -0.39 is 21.9 Å². The summed E-state index contributed by atoms with van der Waals surface area (Å²) in [6.07, 6.45) is 0.707. The lowest BCUT2D eigenvalue weighted by atomic mass is 9.88. The van der Waals surface area contributed by atoms with Crippen molar-refractivity contribution in [2.75, 3.05) is 4.31 Å². The number of ether oxygens (including phenoxy) is 1. The maximum atomic E-state index is 14.2. The number of carbonyl (C=O) groups excluding carboxylic acids is 1. The van der Waals surface area contributed by atoms with Crippen LogP contribution >= 0.6 is 0 Å². The van der Waals surface area contributed by atoms with E-state index in [1.54, 1.807) is 18.2 Å². The molecule has 0 aliphatic carbocycles. The third-order valence-corrected chi connectivity index (χ3v) is 7.60. The first kappa shape index (κ1) is 24.0. The zero-order valence-electron chi connectivity index (χ0n) is 19.7. The van der Waals surface area contributed by atoms with Gasteiger partial charge in [0.05, 0.1) is 23.0 Å². The number of nitrogens with zero attached hydrogens (tertiary/aromatic N) is 1. The summed E-state index contributed by atoms with van der Waals surface area (Å²) >= 11 is 0. The summed E-state index contributed by atoms with van der Waals surface area (Å²) < 4.78 is 48.6. The molecular formula is C27H28FNO4S. The minimum atomic E-state index is -4.00. The molecule has 34 heavy (non-hydrogen) atoms. The number of fused-ring (bicyclic) bond motifs is 3. The second-order valence-corrected chi connectivity index (χ2v) is 11.5. The SMILES string of the molecule is CCC1c2cc(F)ccc2-c2ccccc2N1S(=O)(=O)c1ccc(OC(=O)CC(C)(C)C)cc1. The van der Waals surface area contributed by atoms with E-state index in [0.717, 1.165) is 11.1 Å². The highest BCUT2D eigenvalue weighted by Crippen LogP contribution is 2.48. The van der Waals surface area contributed by atoms with E-state index in [2.05, 4.69) is 0 Å². The van der Waals surface area contributed by atoms with Gasteiger partial charge in [-0.15, -0.1) is 0 Å². The smallest absolute Gasteiger partial charge is 0.311 e. The second-order valence-electron chi connectivity index (χ2n) is 9.66. The van der Waals surface area contributed by atoms with Crippen LogP contribution in [0.5, 0.6) is 5.75 Å². The fraction of sp³-hybridized carbons (Fsp3) is 0.296. The highest BCUT2D eigenvalue weighted by Gasteiger charge is 2.38. The Bertz CT molecular complexity index is 1330. The lowest BCUT2D eigenvalue weighted by Crippen LogP contribution is -2.37. The minimum absolute atomic E-state index is 0.0660. The Morgan fingerprint density at radius 3 is 2.32 bits per heavy atom. The summed E-state index contributed by atoms with van der Waals surface area (Å²) in [4.78, 5) is 12.2. The monoisotopic (exact) mass is 481 g/mol. The quantitative estimate of drug-likeness (QED) is 0.308. The number of anilines is 1. The van der Waals surface area contributed by atoms with Gasteiger partial charge in [-0.25, -0.2) is 12.8 Å². The Kier molecular flexibility index (Phi) is 6.25. The molecule has 0 amide bonds. The van der Waals surface area contributed by atoms with Crippen LogP contribution in [0.4, 0.5) is 10.1 Å². The van der Waals surface area contributed by atoms with Gasteiger partial charge in [0.2, 0.25) is 0 Å².